The molecular formula is C29H21NO2S. The van der Waals surface area contributed by atoms with Crippen LogP contribution in [0.3, 0.4) is 0 Å². The topological polar surface area (TPSA) is 40.5 Å². The summed E-state index contributed by atoms with van der Waals surface area (Å²) < 4.78 is 0. The summed E-state index contributed by atoms with van der Waals surface area (Å²) in [6.07, 6.45) is 1.57. The number of thiocarbonyl (C=S) groups is 1. The number of rotatable bonds is 5. The van der Waals surface area contributed by atoms with Gasteiger partial charge in [0.25, 0.3) is 0 Å². The highest BCUT2D eigenvalue weighted by molar-refractivity contribution is 7.81. The van der Waals surface area contributed by atoms with Gasteiger partial charge in [-0.25, -0.2) is 0 Å². The number of carbonyl (C=O) groups excluding carboxylic acids is 1. The number of ketones is 1. The summed E-state index contributed by atoms with van der Waals surface area (Å²) in [7, 11) is 0. The van der Waals surface area contributed by atoms with E-state index in [1.165, 1.54) is 0 Å². The highest BCUT2D eigenvalue weighted by Crippen LogP contribution is 2.40. The van der Waals surface area contributed by atoms with Gasteiger partial charge in [0.2, 0.25) is 0 Å². The Morgan fingerprint density at radius 1 is 0.697 bits per heavy atom. The second-order valence-electron chi connectivity index (χ2n) is 7.90. The van der Waals surface area contributed by atoms with Gasteiger partial charge < -0.3 is 5.11 Å². The summed E-state index contributed by atoms with van der Waals surface area (Å²) in [6, 6.07) is 36.1. The summed E-state index contributed by atoms with van der Waals surface area (Å²) in [5.74, 6) is -0.215. The Bertz CT molecular complexity index is 1330. The molecule has 0 saturated heterocycles. The van der Waals surface area contributed by atoms with E-state index in [-0.39, 0.29) is 5.78 Å². The van der Waals surface area contributed by atoms with Gasteiger partial charge in [-0.2, -0.15) is 0 Å². The quantitative estimate of drug-likeness (QED) is 0.294. The molecular weight excluding hydrogens is 426 g/mol. The van der Waals surface area contributed by atoms with E-state index in [0.29, 0.717) is 27.4 Å². The van der Waals surface area contributed by atoms with Gasteiger partial charge in [0, 0.05) is 16.8 Å². The van der Waals surface area contributed by atoms with Crippen molar-refractivity contribution in [3.8, 4) is 11.1 Å². The molecule has 4 aromatic carbocycles. The number of aliphatic hydroxyl groups is 1. The molecule has 0 saturated carbocycles. The monoisotopic (exact) mass is 447 g/mol. The van der Waals surface area contributed by atoms with Crippen LogP contribution in [-0.2, 0) is 5.72 Å². The van der Waals surface area contributed by atoms with Crippen molar-refractivity contribution in [3.05, 3.63) is 138 Å². The van der Waals surface area contributed by atoms with Crippen LogP contribution in [0.4, 0.5) is 5.69 Å². The van der Waals surface area contributed by atoms with Crippen molar-refractivity contribution in [3.63, 3.8) is 0 Å². The molecule has 4 heteroatoms. The fraction of sp³-hybridized carbons (Fsp3) is 0.0345. The Kier molecular flexibility index (Phi) is 5.47. The number of anilines is 1. The molecule has 1 heterocycles. The first-order valence-electron chi connectivity index (χ1n) is 10.7. The lowest BCUT2D eigenvalue weighted by Gasteiger charge is -2.35. The van der Waals surface area contributed by atoms with Gasteiger partial charge in [-0.05, 0) is 29.3 Å². The summed E-state index contributed by atoms with van der Waals surface area (Å²) in [6.45, 7) is 0. The zero-order chi connectivity index (χ0) is 22.8. The van der Waals surface area contributed by atoms with Gasteiger partial charge in [-0.1, -0.05) is 115 Å². The molecule has 1 atom stereocenters. The number of hydrogen-bond donors (Lipinski definition) is 1. The van der Waals surface area contributed by atoms with Crippen molar-refractivity contribution in [2.45, 2.75) is 5.72 Å². The van der Waals surface area contributed by atoms with Crippen molar-refractivity contribution in [2.24, 2.45) is 0 Å². The first kappa shape index (κ1) is 21.0. The smallest absolute Gasteiger partial charge is 0.195 e. The lowest BCUT2D eigenvalue weighted by molar-refractivity contribution is 0.100. The number of benzene rings is 4. The van der Waals surface area contributed by atoms with E-state index in [4.69, 9.17) is 12.2 Å². The van der Waals surface area contributed by atoms with Crippen LogP contribution in [0.25, 0.3) is 11.1 Å². The van der Waals surface area contributed by atoms with Crippen molar-refractivity contribution in [1.29, 1.82) is 0 Å². The number of nitrogens with zero attached hydrogens (tertiary/aromatic N) is 1. The van der Waals surface area contributed by atoms with E-state index < -0.39 is 5.72 Å². The second-order valence-corrected chi connectivity index (χ2v) is 8.29. The number of carbonyl (C=O) groups is 1. The van der Waals surface area contributed by atoms with E-state index in [2.05, 4.69) is 0 Å². The summed E-state index contributed by atoms with van der Waals surface area (Å²) in [5, 5.41) is 11.8. The van der Waals surface area contributed by atoms with Gasteiger partial charge in [0.15, 0.2) is 11.5 Å². The highest BCUT2D eigenvalue weighted by Gasteiger charge is 2.45. The zero-order valence-electron chi connectivity index (χ0n) is 17.8. The maximum absolute atomic E-state index is 13.5. The third-order valence-electron chi connectivity index (χ3n) is 5.83. The molecule has 0 aromatic heterocycles. The van der Waals surface area contributed by atoms with Crippen molar-refractivity contribution in [1.82, 2.24) is 0 Å². The number of hydrogen-bond acceptors (Lipinski definition) is 3. The third-order valence-corrected chi connectivity index (χ3v) is 6.23. The molecule has 0 bridgehead atoms. The van der Waals surface area contributed by atoms with E-state index in [9.17, 15) is 9.90 Å². The molecule has 0 amide bonds. The normalized spacial score (nSPS) is 17.7. The number of para-hydroxylation sites is 1. The molecule has 0 fully saturated rings. The molecule has 5 rings (SSSR count). The zero-order valence-corrected chi connectivity index (χ0v) is 18.6. The minimum atomic E-state index is -1.56. The van der Waals surface area contributed by atoms with E-state index in [1.807, 2.05) is 103 Å². The molecule has 33 heavy (non-hydrogen) atoms. The average Bonchev–Trinajstić information content (AvgIpc) is 3.16. The Labute approximate surface area is 198 Å². The Balaban J connectivity index is 1.54. The molecule has 1 aliphatic heterocycles. The van der Waals surface area contributed by atoms with Gasteiger partial charge in [-0.15, -0.1) is 0 Å². The van der Waals surface area contributed by atoms with Gasteiger partial charge in [0.1, 0.15) is 4.99 Å². The van der Waals surface area contributed by atoms with E-state index >= 15 is 0 Å². The fourth-order valence-electron chi connectivity index (χ4n) is 4.15. The first-order valence-corrected chi connectivity index (χ1v) is 11.1. The van der Waals surface area contributed by atoms with Gasteiger partial charge in [-0.3, -0.25) is 9.69 Å². The predicted molar refractivity (Wildman–Crippen MR) is 136 cm³/mol. The van der Waals surface area contributed by atoms with Crippen LogP contribution in [0.2, 0.25) is 0 Å². The van der Waals surface area contributed by atoms with Crippen LogP contribution < -0.4 is 4.90 Å². The lowest BCUT2D eigenvalue weighted by Crippen LogP contribution is -2.44. The molecule has 1 unspecified atom stereocenters. The standard InChI is InChI=1S/C29H21NO2S/c31-27(23-18-16-22(17-19-23)21-10-4-1-5-11-21)26-20-29(32,24-12-6-2-7-13-24)30(28(26)33)25-14-8-3-9-15-25/h1-20,32H. The van der Waals surface area contributed by atoms with Crippen LogP contribution in [0.15, 0.2) is 127 Å². The van der Waals surface area contributed by atoms with Gasteiger partial charge in [0.05, 0.1) is 5.57 Å². The average molecular weight is 448 g/mol. The Hall–Kier alpha value is -3.86. The molecule has 1 N–H and O–H groups in total. The Morgan fingerprint density at radius 2 is 1.21 bits per heavy atom. The van der Waals surface area contributed by atoms with E-state index in [0.717, 1.165) is 11.1 Å². The lowest BCUT2D eigenvalue weighted by atomic mass is 9.98. The third kappa shape index (κ3) is 3.80. The highest BCUT2D eigenvalue weighted by atomic mass is 32.1. The van der Waals surface area contributed by atoms with Crippen LogP contribution in [0.5, 0.6) is 0 Å². The molecule has 0 aliphatic carbocycles. The minimum absolute atomic E-state index is 0.215. The predicted octanol–water partition coefficient (Wildman–Crippen LogP) is 6.16. The van der Waals surface area contributed by atoms with Crippen molar-refractivity contribution in [2.75, 3.05) is 4.90 Å². The largest absolute Gasteiger partial charge is 0.363 e. The minimum Gasteiger partial charge on any atom is -0.363 e. The molecule has 3 nitrogen and oxygen atoms in total. The van der Waals surface area contributed by atoms with Crippen LogP contribution in [0, 0.1) is 0 Å². The summed E-state index contributed by atoms with van der Waals surface area (Å²) in [4.78, 5) is 15.4. The molecule has 160 valence electrons. The maximum atomic E-state index is 13.5. The maximum Gasteiger partial charge on any atom is 0.195 e. The summed E-state index contributed by atoms with van der Waals surface area (Å²) >= 11 is 5.75. The molecule has 1 aliphatic rings. The fourth-order valence-corrected chi connectivity index (χ4v) is 4.55. The number of Topliss-reactive ketones (excluding diaryl/α,β-unsaturated/α-hetero) is 1. The van der Waals surface area contributed by atoms with Crippen LogP contribution in [0.1, 0.15) is 15.9 Å². The van der Waals surface area contributed by atoms with Crippen molar-refractivity contribution >= 4 is 28.7 Å². The summed E-state index contributed by atoms with van der Waals surface area (Å²) in [5.41, 5.74) is 2.74. The second kappa shape index (κ2) is 8.58. The SMILES string of the molecule is O=C(C1=CC(O)(c2ccccc2)N(c2ccccc2)C1=S)c1ccc(-c2ccccc2)cc1. The molecule has 4 aromatic rings. The molecule has 0 spiro atoms. The van der Waals surface area contributed by atoms with Crippen LogP contribution in [-0.4, -0.2) is 15.9 Å². The molecule has 0 radical (unpaired) electrons. The Morgan fingerprint density at radius 3 is 1.82 bits per heavy atom. The van der Waals surface area contributed by atoms with Crippen LogP contribution >= 0.6 is 12.2 Å². The van der Waals surface area contributed by atoms with Crippen molar-refractivity contribution < 1.29 is 9.90 Å². The van der Waals surface area contributed by atoms with Gasteiger partial charge >= 0.3 is 0 Å². The van der Waals surface area contributed by atoms with E-state index in [1.54, 1.807) is 23.1 Å². The first-order chi connectivity index (χ1) is 16.1.